The minimum atomic E-state index is -1.16. The number of hydrogen-bond donors (Lipinski definition) is 4. The molecule has 1 heterocycles. The molecule has 0 aliphatic rings. The van der Waals surface area contributed by atoms with Crippen LogP contribution in [0.3, 0.4) is 0 Å². The Balaban J connectivity index is 1.93. The van der Waals surface area contributed by atoms with Crippen molar-refractivity contribution >= 4 is 56.5 Å². The third kappa shape index (κ3) is 5.08. The molecule has 2 aromatic carbocycles. The Labute approximate surface area is 172 Å². The van der Waals surface area contributed by atoms with Crippen LogP contribution in [0.2, 0.25) is 0 Å². The van der Waals surface area contributed by atoms with Crippen LogP contribution < -0.4 is 20.7 Å². The first-order valence-corrected chi connectivity index (χ1v) is 9.08. The van der Waals surface area contributed by atoms with E-state index in [0.717, 1.165) is 0 Å². The van der Waals surface area contributed by atoms with Crippen LogP contribution in [0, 0.1) is 5.82 Å². The van der Waals surface area contributed by atoms with Crippen LogP contribution in [0.1, 0.15) is 0 Å². The number of nitrogens with zero attached hydrogens (tertiary/aromatic N) is 2. The average molecular weight is 464 g/mol. The van der Waals surface area contributed by atoms with Gasteiger partial charge in [0.1, 0.15) is 30.3 Å². The molecule has 0 atom stereocenters. The Bertz CT molecular complexity index is 1070. The van der Waals surface area contributed by atoms with Crippen molar-refractivity contribution in [2.75, 3.05) is 23.8 Å². The number of rotatable bonds is 8. The Hall–Kier alpha value is -3.47. The Morgan fingerprint density at radius 2 is 2.07 bits per heavy atom. The zero-order valence-corrected chi connectivity index (χ0v) is 16.4. The second kappa shape index (κ2) is 9.15. The largest absolute Gasteiger partial charge is 0.489 e. The quantitative estimate of drug-likeness (QED) is 0.297. The zero-order valence-electron chi connectivity index (χ0n) is 14.8. The van der Waals surface area contributed by atoms with E-state index in [9.17, 15) is 14.0 Å². The number of fused-ring (bicyclic) bond motifs is 1. The van der Waals surface area contributed by atoms with E-state index in [-0.39, 0.29) is 18.8 Å². The summed E-state index contributed by atoms with van der Waals surface area (Å²) in [6.07, 6.45) is 0.626. The van der Waals surface area contributed by atoms with Gasteiger partial charge in [0, 0.05) is 15.9 Å². The van der Waals surface area contributed by atoms with Gasteiger partial charge in [-0.2, -0.15) is 0 Å². The number of aromatic nitrogens is 2. The van der Waals surface area contributed by atoms with Gasteiger partial charge < -0.3 is 25.8 Å². The van der Waals surface area contributed by atoms with E-state index in [1.165, 1.54) is 12.4 Å². The minimum Gasteiger partial charge on any atom is -0.489 e. The summed E-state index contributed by atoms with van der Waals surface area (Å²) in [4.78, 5) is 29.8. The molecule has 0 saturated heterocycles. The van der Waals surface area contributed by atoms with Gasteiger partial charge >= 0.3 is 6.09 Å². The number of halogens is 2. The van der Waals surface area contributed by atoms with Gasteiger partial charge in [-0.05, 0) is 24.3 Å². The third-order valence-corrected chi connectivity index (χ3v) is 4.26. The van der Waals surface area contributed by atoms with Gasteiger partial charge in [0.15, 0.2) is 0 Å². The van der Waals surface area contributed by atoms with Crippen LogP contribution in [0.25, 0.3) is 10.9 Å². The number of hydrogen-bond acceptors (Lipinski definition) is 6. The van der Waals surface area contributed by atoms with Crippen molar-refractivity contribution in [3.05, 3.63) is 46.9 Å². The molecule has 0 fully saturated rings. The van der Waals surface area contributed by atoms with Gasteiger partial charge in [-0.1, -0.05) is 15.9 Å². The van der Waals surface area contributed by atoms with E-state index in [2.05, 4.69) is 41.8 Å². The van der Waals surface area contributed by atoms with Crippen LogP contribution >= 0.6 is 15.9 Å². The Morgan fingerprint density at radius 3 is 2.79 bits per heavy atom. The van der Waals surface area contributed by atoms with E-state index < -0.39 is 11.9 Å². The molecule has 0 bridgehead atoms. The predicted molar refractivity (Wildman–Crippen MR) is 108 cm³/mol. The highest BCUT2D eigenvalue weighted by Gasteiger charge is 2.13. The normalized spacial score (nSPS) is 10.4. The lowest BCUT2D eigenvalue weighted by Crippen LogP contribution is -2.26. The average Bonchev–Trinajstić information content (AvgIpc) is 2.68. The lowest BCUT2D eigenvalue weighted by Gasteiger charge is -2.14. The molecular weight excluding hydrogens is 449 g/mol. The Morgan fingerprint density at radius 1 is 1.24 bits per heavy atom. The summed E-state index contributed by atoms with van der Waals surface area (Å²) in [5, 5.41) is 16.7. The topological polar surface area (TPSA) is 125 Å². The molecule has 29 heavy (non-hydrogen) atoms. The van der Waals surface area contributed by atoms with Gasteiger partial charge in [0.05, 0.1) is 23.4 Å². The maximum Gasteiger partial charge on any atom is 0.404 e. The van der Waals surface area contributed by atoms with Crippen LogP contribution in [0.15, 0.2) is 41.1 Å². The summed E-state index contributed by atoms with van der Waals surface area (Å²) < 4.78 is 20.3. The maximum atomic E-state index is 14.2. The fourth-order valence-electron chi connectivity index (χ4n) is 2.52. The second-order valence-corrected chi connectivity index (χ2v) is 6.60. The van der Waals surface area contributed by atoms with Crippen LogP contribution in [-0.2, 0) is 4.79 Å². The lowest BCUT2D eigenvalue weighted by atomic mass is 10.2. The number of ether oxygens (including phenoxy) is 1. The molecular formula is C18H15BrFN5O4. The molecule has 11 heteroatoms. The highest BCUT2D eigenvalue weighted by Crippen LogP contribution is 2.33. The van der Waals surface area contributed by atoms with Gasteiger partial charge in [0.2, 0.25) is 6.41 Å². The molecule has 3 aromatic rings. The van der Waals surface area contributed by atoms with E-state index >= 15 is 0 Å². The number of benzene rings is 2. The fraction of sp³-hybridized carbons (Fsp3) is 0.111. The molecule has 4 N–H and O–H groups in total. The molecule has 2 amide bonds. The van der Waals surface area contributed by atoms with Gasteiger partial charge in [0.25, 0.3) is 0 Å². The standard InChI is InChI=1S/C18H15BrFN5O4/c19-10-1-2-13(12(20)5-10)25-17-11-6-15(24-9-26)16(7-14(11)22-8-23-17)29-4-3-21-18(27)28/h1-2,5-9,21H,3-4H2,(H,24,26)(H,27,28)(H,22,23,25). The maximum absolute atomic E-state index is 14.2. The molecule has 1 aromatic heterocycles. The first-order valence-electron chi connectivity index (χ1n) is 8.28. The zero-order chi connectivity index (χ0) is 20.8. The van der Waals surface area contributed by atoms with Crippen molar-refractivity contribution in [1.82, 2.24) is 15.3 Å². The molecule has 150 valence electrons. The van der Waals surface area contributed by atoms with Gasteiger partial charge in [-0.15, -0.1) is 0 Å². The third-order valence-electron chi connectivity index (χ3n) is 3.77. The number of anilines is 3. The highest BCUT2D eigenvalue weighted by atomic mass is 79.9. The number of amides is 2. The van der Waals surface area contributed by atoms with E-state index in [0.29, 0.717) is 39.0 Å². The first kappa shape index (κ1) is 20.3. The van der Waals surface area contributed by atoms with E-state index in [1.807, 2.05) is 0 Å². The van der Waals surface area contributed by atoms with Crippen LogP contribution in [-0.4, -0.2) is 40.7 Å². The van der Waals surface area contributed by atoms with Crippen LogP contribution in [0.4, 0.5) is 26.4 Å². The first-order chi connectivity index (χ1) is 14.0. The molecule has 0 saturated carbocycles. The lowest BCUT2D eigenvalue weighted by molar-refractivity contribution is -0.105. The summed E-state index contributed by atoms with van der Waals surface area (Å²) in [7, 11) is 0. The van der Waals surface area contributed by atoms with Crippen molar-refractivity contribution in [2.45, 2.75) is 0 Å². The predicted octanol–water partition coefficient (Wildman–Crippen LogP) is 3.49. The number of carbonyl (C=O) groups excluding carboxylic acids is 1. The number of nitrogens with one attached hydrogen (secondary N) is 3. The van der Waals surface area contributed by atoms with Crippen molar-refractivity contribution in [3.63, 3.8) is 0 Å². The minimum absolute atomic E-state index is 0.0473. The molecule has 0 unspecified atom stereocenters. The SMILES string of the molecule is O=CNc1cc2c(Nc3ccc(Br)cc3F)ncnc2cc1OCCNC(=O)O. The monoisotopic (exact) mass is 463 g/mol. The summed E-state index contributed by atoms with van der Waals surface area (Å²) in [6.45, 7) is 0.110. The summed E-state index contributed by atoms with van der Waals surface area (Å²) >= 11 is 3.20. The van der Waals surface area contributed by atoms with Crippen molar-refractivity contribution in [1.29, 1.82) is 0 Å². The summed E-state index contributed by atoms with van der Waals surface area (Å²) in [5.41, 5.74) is 1.03. The second-order valence-electron chi connectivity index (χ2n) is 5.68. The van der Waals surface area contributed by atoms with Crippen molar-refractivity contribution in [3.8, 4) is 5.75 Å². The summed E-state index contributed by atoms with van der Waals surface area (Å²) in [6, 6.07) is 7.73. The number of carbonyl (C=O) groups is 2. The molecule has 9 nitrogen and oxygen atoms in total. The summed E-state index contributed by atoms with van der Waals surface area (Å²) in [5.74, 6) is 0.170. The highest BCUT2D eigenvalue weighted by molar-refractivity contribution is 9.10. The van der Waals surface area contributed by atoms with Crippen molar-refractivity contribution < 1.29 is 23.8 Å². The molecule has 0 radical (unpaired) electrons. The van der Waals surface area contributed by atoms with Gasteiger partial charge in [-0.25, -0.2) is 19.2 Å². The Kier molecular flexibility index (Phi) is 6.39. The number of carboxylic acid groups (broad SMARTS) is 1. The molecule has 0 aliphatic heterocycles. The van der Waals surface area contributed by atoms with E-state index in [4.69, 9.17) is 9.84 Å². The van der Waals surface area contributed by atoms with Crippen LogP contribution in [0.5, 0.6) is 5.75 Å². The fourth-order valence-corrected chi connectivity index (χ4v) is 2.85. The molecule has 0 spiro atoms. The molecule has 0 aliphatic carbocycles. The van der Waals surface area contributed by atoms with E-state index in [1.54, 1.807) is 24.3 Å². The van der Waals surface area contributed by atoms with Gasteiger partial charge in [-0.3, -0.25) is 4.79 Å². The smallest absolute Gasteiger partial charge is 0.404 e. The van der Waals surface area contributed by atoms with Crippen molar-refractivity contribution in [2.24, 2.45) is 0 Å². The molecule has 3 rings (SSSR count).